The number of carbonyl (C=O) groups is 1. The van der Waals surface area contributed by atoms with Crippen molar-refractivity contribution in [3.63, 3.8) is 0 Å². The van der Waals surface area contributed by atoms with Gasteiger partial charge in [-0.25, -0.2) is 13.8 Å². The van der Waals surface area contributed by atoms with Crippen molar-refractivity contribution in [1.82, 2.24) is 14.9 Å². The molecule has 232 valence electrons. The molecule has 44 heavy (non-hydrogen) atoms. The second-order valence-corrected chi connectivity index (χ2v) is 9.84. The second-order valence-electron chi connectivity index (χ2n) is 9.84. The molecular weight excluding hydrogens is 576 g/mol. The van der Waals surface area contributed by atoms with Crippen molar-refractivity contribution in [3.05, 3.63) is 66.0 Å². The van der Waals surface area contributed by atoms with E-state index in [-0.39, 0.29) is 35.2 Å². The Kier molecular flexibility index (Phi) is 9.87. The van der Waals surface area contributed by atoms with Gasteiger partial charge in [-0.05, 0) is 25.5 Å². The normalized spacial score (nSPS) is 13.5. The minimum atomic E-state index is -0.917. The van der Waals surface area contributed by atoms with Gasteiger partial charge >= 0.3 is 0 Å². The summed E-state index contributed by atoms with van der Waals surface area (Å²) in [6.07, 6.45) is 3.52. The van der Waals surface area contributed by atoms with Crippen molar-refractivity contribution in [2.45, 2.75) is 13.3 Å². The van der Waals surface area contributed by atoms with E-state index < -0.39 is 23.2 Å². The first kappa shape index (κ1) is 30.7. The molecule has 0 spiro atoms. The SMILES string of the molecule is CCOc1cc(N)ncc1C(=O)Nc1cc(F)c(Oc2ccnc3cc(OCCCN4CCOCC4)c(OC)cc23)cc1F. The summed E-state index contributed by atoms with van der Waals surface area (Å²) in [4.78, 5) is 23.4. The molecule has 0 radical (unpaired) electrons. The zero-order valence-electron chi connectivity index (χ0n) is 24.4. The molecule has 1 fully saturated rings. The highest BCUT2D eigenvalue weighted by molar-refractivity contribution is 6.06. The summed E-state index contributed by atoms with van der Waals surface area (Å²) in [6.45, 7) is 6.66. The third-order valence-electron chi connectivity index (χ3n) is 6.89. The maximum absolute atomic E-state index is 15.2. The lowest BCUT2D eigenvalue weighted by atomic mass is 10.1. The Balaban J connectivity index is 1.31. The number of nitrogen functional groups attached to an aromatic ring is 1. The monoisotopic (exact) mass is 609 g/mol. The molecule has 3 N–H and O–H groups in total. The summed E-state index contributed by atoms with van der Waals surface area (Å²) in [7, 11) is 1.51. The number of carbonyl (C=O) groups excluding carboxylic acids is 1. The number of ether oxygens (including phenoxy) is 5. The van der Waals surface area contributed by atoms with Crippen molar-refractivity contribution in [2.75, 3.05) is 64.2 Å². The van der Waals surface area contributed by atoms with Gasteiger partial charge in [0.25, 0.3) is 5.91 Å². The average Bonchev–Trinajstić information content (AvgIpc) is 3.02. The van der Waals surface area contributed by atoms with Gasteiger partial charge in [0.15, 0.2) is 28.9 Å². The first-order valence-electron chi connectivity index (χ1n) is 14.1. The van der Waals surface area contributed by atoms with E-state index in [1.807, 2.05) is 0 Å². The highest BCUT2D eigenvalue weighted by Gasteiger charge is 2.20. The Morgan fingerprint density at radius 3 is 2.59 bits per heavy atom. The lowest BCUT2D eigenvalue weighted by Gasteiger charge is -2.26. The van der Waals surface area contributed by atoms with Crippen LogP contribution in [0.3, 0.4) is 0 Å². The number of halogens is 2. The molecule has 0 bridgehead atoms. The number of fused-ring (bicyclic) bond motifs is 1. The zero-order chi connectivity index (χ0) is 31.1. The molecule has 1 aliphatic heterocycles. The average molecular weight is 610 g/mol. The first-order chi connectivity index (χ1) is 21.4. The van der Waals surface area contributed by atoms with Crippen molar-refractivity contribution >= 4 is 28.3 Å². The maximum Gasteiger partial charge on any atom is 0.261 e. The highest BCUT2D eigenvalue weighted by atomic mass is 19.1. The number of rotatable bonds is 12. The van der Waals surface area contributed by atoms with Gasteiger partial charge in [-0.2, -0.15) is 0 Å². The van der Waals surface area contributed by atoms with Crippen molar-refractivity contribution in [1.29, 1.82) is 0 Å². The Morgan fingerprint density at radius 2 is 1.82 bits per heavy atom. The van der Waals surface area contributed by atoms with E-state index in [4.69, 9.17) is 29.4 Å². The topological polar surface area (TPSA) is 130 Å². The zero-order valence-corrected chi connectivity index (χ0v) is 24.4. The smallest absolute Gasteiger partial charge is 0.261 e. The number of anilines is 2. The Bertz CT molecular complexity index is 1630. The molecule has 3 heterocycles. The van der Waals surface area contributed by atoms with Gasteiger partial charge in [0.2, 0.25) is 0 Å². The van der Waals surface area contributed by atoms with E-state index in [0.29, 0.717) is 29.0 Å². The summed E-state index contributed by atoms with van der Waals surface area (Å²) < 4.78 is 58.4. The lowest BCUT2D eigenvalue weighted by Crippen LogP contribution is -2.37. The van der Waals surface area contributed by atoms with Crippen LogP contribution in [-0.4, -0.2) is 73.9 Å². The number of pyridine rings is 2. The van der Waals surface area contributed by atoms with E-state index in [1.54, 1.807) is 19.1 Å². The number of hydrogen-bond acceptors (Lipinski definition) is 10. The molecule has 2 aromatic carbocycles. The van der Waals surface area contributed by atoms with Crippen LogP contribution in [0.2, 0.25) is 0 Å². The van der Waals surface area contributed by atoms with Crippen LogP contribution < -0.4 is 30.0 Å². The fraction of sp³-hybridized carbons (Fsp3) is 0.323. The number of methoxy groups -OCH3 is 1. The fourth-order valence-electron chi connectivity index (χ4n) is 4.69. The predicted molar refractivity (Wildman–Crippen MR) is 160 cm³/mol. The Labute approximate surface area is 252 Å². The number of hydrogen-bond donors (Lipinski definition) is 2. The number of aromatic nitrogens is 2. The largest absolute Gasteiger partial charge is 0.493 e. The quantitative estimate of drug-likeness (QED) is 0.211. The molecule has 1 saturated heterocycles. The number of nitrogens with zero attached hydrogens (tertiary/aromatic N) is 3. The minimum absolute atomic E-state index is 0.0128. The van der Waals surface area contributed by atoms with Crippen LogP contribution in [0.5, 0.6) is 28.7 Å². The molecule has 1 amide bonds. The summed E-state index contributed by atoms with van der Waals surface area (Å²) in [6, 6.07) is 7.98. The van der Waals surface area contributed by atoms with E-state index in [1.165, 1.54) is 31.6 Å². The fourth-order valence-corrected chi connectivity index (χ4v) is 4.69. The highest BCUT2D eigenvalue weighted by Crippen LogP contribution is 2.38. The van der Waals surface area contributed by atoms with Crippen molar-refractivity contribution < 1.29 is 37.3 Å². The van der Waals surface area contributed by atoms with Crippen LogP contribution in [-0.2, 0) is 4.74 Å². The number of nitrogens with two attached hydrogens (primary N) is 1. The Hall–Kier alpha value is -4.75. The van der Waals surface area contributed by atoms with E-state index >= 15 is 8.78 Å². The summed E-state index contributed by atoms with van der Waals surface area (Å²) >= 11 is 0. The molecule has 0 aliphatic carbocycles. The van der Waals surface area contributed by atoms with Crippen LogP contribution in [0, 0.1) is 11.6 Å². The van der Waals surface area contributed by atoms with Crippen molar-refractivity contribution in [2.24, 2.45) is 0 Å². The van der Waals surface area contributed by atoms with Gasteiger partial charge in [0, 0.05) is 61.7 Å². The van der Waals surface area contributed by atoms with Crippen molar-refractivity contribution in [3.8, 4) is 28.7 Å². The third-order valence-corrected chi connectivity index (χ3v) is 6.89. The number of amides is 1. The summed E-state index contributed by atoms with van der Waals surface area (Å²) in [5, 5.41) is 2.85. The Morgan fingerprint density at radius 1 is 1.00 bits per heavy atom. The number of nitrogens with one attached hydrogen (secondary N) is 1. The van der Waals surface area contributed by atoms with Crippen LogP contribution in [0.1, 0.15) is 23.7 Å². The van der Waals surface area contributed by atoms with Crippen LogP contribution >= 0.6 is 0 Å². The van der Waals surface area contributed by atoms with Crippen LogP contribution in [0.4, 0.5) is 20.3 Å². The van der Waals surface area contributed by atoms with Gasteiger partial charge in [-0.15, -0.1) is 0 Å². The van der Waals surface area contributed by atoms with Gasteiger partial charge in [0.1, 0.15) is 22.9 Å². The second kappa shape index (κ2) is 14.1. The summed E-state index contributed by atoms with van der Waals surface area (Å²) in [5.41, 5.74) is 5.81. The first-order valence-corrected chi connectivity index (χ1v) is 14.1. The van der Waals surface area contributed by atoms with E-state index in [0.717, 1.165) is 51.4 Å². The molecule has 0 saturated carbocycles. The molecular formula is C31H33F2N5O6. The van der Waals surface area contributed by atoms with Crippen LogP contribution in [0.25, 0.3) is 10.9 Å². The van der Waals surface area contributed by atoms with Gasteiger partial charge in [0.05, 0.1) is 44.7 Å². The number of benzene rings is 2. The van der Waals surface area contributed by atoms with Crippen LogP contribution in [0.15, 0.2) is 48.8 Å². The lowest BCUT2D eigenvalue weighted by molar-refractivity contribution is 0.0357. The van der Waals surface area contributed by atoms with Gasteiger partial charge < -0.3 is 34.7 Å². The molecule has 11 nitrogen and oxygen atoms in total. The maximum atomic E-state index is 15.2. The van der Waals surface area contributed by atoms with E-state index in [2.05, 4.69) is 20.2 Å². The predicted octanol–water partition coefficient (Wildman–Crippen LogP) is 5.04. The summed E-state index contributed by atoms with van der Waals surface area (Å²) in [5.74, 6) is -1.48. The molecule has 2 aromatic heterocycles. The minimum Gasteiger partial charge on any atom is -0.493 e. The molecule has 0 unspecified atom stereocenters. The molecule has 4 aromatic rings. The van der Waals surface area contributed by atoms with Gasteiger partial charge in [-0.1, -0.05) is 0 Å². The molecule has 5 rings (SSSR count). The third kappa shape index (κ3) is 7.24. The molecule has 1 aliphatic rings. The number of morpholine rings is 1. The standard InChI is InChI=1S/C31H33F2N5O6/c1-3-42-26-17-30(34)36-18-20(26)31(39)37-24-14-22(33)27(15-21(24)32)44-25-5-6-35-23-16-29(28(40-2)13-19(23)25)43-10-4-7-38-8-11-41-12-9-38/h5-6,13-18H,3-4,7-12H2,1-2H3,(H2,34,36)(H,37,39). The molecule has 13 heteroatoms. The van der Waals surface area contributed by atoms with E-state index in [9.17, 15) is 4.79 Å². The molecule has 0 atom stereocenters. The van der Waals surface area contributed by atoms with Gasteiger partial charge in [-0.3, -0.25) is 14.7 Å².